The van der Waals surface area contributed by atoms with Crippen LogP contribution < -0.4 is 0 Å². The number of thioether (sulfide) groups is 1. The van der Waals surface area contributed by atoms with Crippen LogP contribution in [0.2, 0.25) is 0 Å². The Balaban J connectivity index is 2.20. The summed E-state index contributed by atoms with van der Waals surface area (Å²) < 4.78 is 2.37. The van der Waals surface area contributed by atoms with Crippen molar-refractivity contribution in [2.75, 3.05) is 6.26 Å². The highest BCUT2D eigenvalue weighted by atomic mass is 32.2. The number of hydrogen-bond acceptors (Lipinski definition) is 1. The summed E-state index contributed by atoms with van der Waals surface area (Å²) in [6.07, 6.45) is 2.13. The van der Waals surface area contributed by atoms with Crippen LogP contribution in [0.1, 0.15) is 0 Å². The van der Waals surface area contributed by atoms with Gasteiger partial charge < -0.3 is 4.57 Å². The molecule has 0 aliphatic heterocycles. The fraction of sp³-hybridized carbons (Fsp3) is 0.0526. The number of aromatic nitrogens is 1. The smallest absolute Gasteiger partial charge is 0.0597 e. The van der Waals surface area contributed by atoms with Crippen LogP contribution in [0.5, 0.6) is 0 Å². The quantitative estimate of drug-likeness (QED) is 0.441. The Kier molecular flexibility index (Phi) is 2.97. The van der Waals surface area contributed by atoms with Crippen molar-refractivity contribution in [1.29, 1.82) is 0 Å². The predicted molar refractivity (Wildman–Crippen MR) is 92.6 cm³/mol. The van der Waals surface area contributed by atoms with Gasteiger partial charge >= 0.3 is 0 Å². The van der Waals surface area contributed by atoms with Crippen LogP contribution in [0.25, 0.3) is 27.5 Å². The highest BCUT2D eigenvalue weighted by Gasteiger charge is 2.12. The lowest BCUT2D eigenvalue weighted by Crippen LogP contribution is -1.95. The van der Waals surface area contributed by atoms with E-state index in [9.17, 15) is 0 Å². The molecular weight excluding hydrogens is 274 g/mol. The predicted octanol–water partition coefficient (Wildman–Crippen LogP) is 5.51. The lowest BCUT2D eigenvalue weighted by molar-refractivity contribution is 1.13. The van der Waals surface area contributed by atoms with Crippen molar-refractivity contribution in [3.8, 4) is 5.69 Å². The molecule has 0 fully saturated rings. The van der Waals surface area contributed by atoms with Crippen molar-refractivity contribution >= 4 is 33.6 Å². The summed E-state index contributed by atoms with van der Waals surface area (Å²) in [6, 6.07) is 25.8. The normalized spacial score (nSPS) is 11.3. The van der Waals surface area contributed by atoms with Gasteiger partial charge in [0.05, 0.1) is 16.7 Å². The summed E-state index contributed by atoms with van der Waals surface area (Å²) >= 11 is 1.79. The highest BCUT2D eigenvalue weighted by Crippen LogP contribution is 2.34. The second-order valence-electron chi connectivity index (χ2n) is 5.04. The SMILES string of the molecule is CSc1ccccc1-n1c2ccccc2c2ccccc21. The molecule has 2 heteroatoms. The van der Waals surface area contributed by atoms with Crippen LogP contribution in [-0.4, -0.2) is 10.8 Å². The Morgan fingerprint density at radius 1 is 0.667 bits per heavy atom. The van der Waals surface area contributed by atoms with Gasteiger partial charge in [-0.05, 0) is 30.5 Å². The third-order valence-corrected chi connectivity index (χ3v) is 4.69. The van der Waals surface area contributed by atoms with E-state index in [2.05, 4.69) is 83.6 Å². The molecule has 0 unspecified atom stereocenters. The maximum Gasteiger partial charge on any atom is 0.0597 e. The number of fused-ring (bicyclic) bond motifs is 3. The van der Waals surface area contributed by atoms with Gasteiger partial charge in [0.1, 0.15) is 0 Å². The average molecular weight is 289 g/mol. The Morgan fingerprint density at radius 3 is 1.81 bits per heavy atom. The number of benzene rings is 3. The third kappa shape index (κ3) is 1.87. The van der Waals surface area contributed by atoms with E-state index >= 15 is 0 Å². The Labute approximate surface area is 128 Å². The molecule has 0 N–H and O–H groups in total. The summed E-state index contributed by atoms with van der Waals surface area (Å²) in [6.45, 7) is 0. The molecule has 3 aromatic carbocycles. The molecular formula is C19H15NS. The zero-order chi connectivity index (χ0) is 14.2. The topological polar surface area (TPSA) is 4.93 Å². The molecule has 0 amide bonds. The van der Waals surface area contributed by atoms with Crippen LogP contribution in [-0.2, 0) is 0 Å². The van der Waals surface area contributed by atoms with E-state index in [1.807, 2.05) is 0 Å². The van der Waals surface area contributed by atoms with Gasteiger partial charge in [-0.2, -0.15) is 0 Å². The molecule has 0 spiro atoms. The van der Waals surface area contributed by atoms with Crippen molar-refractivity contribution < 1.29 is 0 Å². The van der Waals surface area contributed by atoms with Gasteiger partial charge in [-0.25, -0.2) is 0 Å². The average Bonchev–Trinajstić information content (AvgIpc) is 2.89. The molecule has 4 rings (SSSR count). The highest BCUT2D eigenvalue weighted by molar-refractivity contribution is 7.98. The molecule has 21 heavy (non-hydrogen) atoms. The van der Waals surface area contributed by atoms with Gasteiger partial charge in [0, 0.05) is 15.7 Å². The molecule has 0 bridgehead atoms. The number of nitrogens with zero attached hydrogens (tertiary/aromatic N) is 1. The lowest BCUT2D eigenvalue weighted by atomic mass is 10.2. The monoisotopic (exact) mass is 289 g/mol. The molecule has 0 aliphatic rings. The first-order chi connectivity index (χ1) is 10.4. The summed E-state index contributed by atoms with van der Waals surface area (Å²) in [5.41, 5.74) is 3.78. The van der Waals surface area contributed by atoms with Crippen LogP contribution in [0.3, 0.4) is 0 Å². The molecule has 1 nitrogen and oxygen atoms in total. The number of hydrogen-bond donors (Lipinski definition) is 0. The minimum absolute atomic E-state index is 1.25. The van der Waals surface area contributed by atoms with Crippen LogP contribution in [0.15, 0.2) is 77.7 Å². The zero-order valence-corrected chi connectivity index (χ0v) is 12.6. The van der Waals surface area contributed by atoms with E-state index in [0.717, 1.165) is 0 Å². The second-order valence-corrected chi connectivity index (χ2v) is 5.89. The van der Waals surface area contributed by atoms with Gasteiger partial charge in [0.2, 0.25) is 0 Å². The third-order valence-electron chi connectivity index (χ3n) is 3.91. The van der Waals surface area contributed by atoms with Crippen LogP contribution in [0.4, 0.5) is 0 Å². The van der Waals surface area contributed by atoms with Crippen molar-refractivity contribution in [2.24, 2.45) is 0 Å². The van der Waals surface area contributed by atoms with Crippen LogP contribution >= 0.6 is 11.8 Å². The lowest BCUT2D eigenvalue weighted by Gasteiger charge is -2.11. The maximum atomic E-state index is 2.37. The van der Waals surface area contributed by atoms with E-state index in [1.165, 1.54) is 32.4 Å². The van der Waals surface area contributed by atoms with Crippen molar-refractivity contribution in [2.45, 2.75) is 4.90 Å². The van der Waals surface area contributed by atoms with E-state index in [1.54, 1.807) is 11.8 Å². The molecule has 102 valence electrons. The van der Waals surface area contributed by atoms with E-state index in [0.29, 0.717) is 0 Å². The zero-order valence-electron chi connectivity index (χ0n) is 11.8. The number of rotatable bonds is 2. The van der Waals surface area contributed by atoms with Gasteiger partial charge in [-0.1, -0.05) is 48.5 Å². The fourth-order valence-corrected chi connectivity index (χ4v) is 3.58. The Bertz CT molecular complexity index is 883. The van der Waals surface area contributed by atoms with E-state index < -0.39 is 0 Å². The summed E-state index contributed by atoms with van der Waals surface area (Å²) in [4.78, 5) is 1.30. The van der Waals surface area contributed by atoms with Crippen molar-refractivity contribution in [1.82, 2.24) is 4.57 Å². The molecule has 4 aromatic rings. The van der Waals surface area contributed by atoms with Gasteiger partial charge in [-0.3, -0.25) is 0 Å². The van der Waals surface area contributed by atoms with Gasteiger partial charge in [-0.15, -0.1) is 11.8 Å². The number of para-hydroxylation sites is 3. The largest absolute Gasteiger partial charge is 0.308 e. The Hall–Kier alpha value is -2.19. The van der Waals surface area contributed by atoms with Crippen molar-refractivity contribution in [3.63, 3.8) is 0 Å². The first-order valence-electron chi connectivity index (χ1n) is 7.02. The molecule has 0 saturated carbocycles. The van der Waals surface area contributed by atoms with Gasteiger partial charge in [0.15, 0.2) is 0 Å². The molecule has 1 aromatic heterocycles. The van der Waals surface area contributed by atoms with Gasteiger partial charge in [0.25, 0.3) is 0 Å². The second kappa shape index (κ2) is 4.97. The summed E-state index contributed by atoms with van der Waals surface area (Å²) in [7, 11) is 0. The molecule has 0 radical (unpaired) electrons. The fourth-order valence-electron chi connectivity index (χ4n) is 3.00. The van der Waals surface area contributed by atoms with E-state index in [-0.39, 0.29) is 0 Å². The summed E-state index contributed by atoms with van der Waals surface area (Å²) in [5, 5.41) is 2.62. The molecule has 0 saturated heterocycles. The minimum atomic E-state index is 1.25. The molecule has 0 aliphatic carbocycles. The van der Waals surface area contributed by atoms with E-state index in [4.69, 9.17) is 0 Å². The summed E-state index contributed by atoms with van der Waals surface area (Å²) in [5.74, 6) is 0. The molecule has 1 heterocycles. The van der Waals surface area contributed by atoms with Crippen LogP contribution in [0, 0.1) is 0 Å². The first kappa shape index (κ1) is 12.5. The Morgan fingerprint density at radius 2 is 1.19 bits per heavy atom. The first-order valence-corrected chi connectivity index (χ1v) is 8.24. The maximum absolute atomic E-state index is 2.37. The standard InChI is InChI=1S/C19H15NS/c1-21-19-13-7-6-12-18(19)20-16-10-4-2-8-14(16)15-9-3-5-11-17(15)20/h2-13H,1H3. The van der Waals surface area contributed by atoms with Crippen molar-refractivity contribution in [3.05, 3.63) is 72.8 Å². The molecule has 0 atom stereocenters. The minimum Gasteiger partial charge on any atom is -0.308 e.